The molecule has 0 aliphatic heterocycles. The number of rotatable bonds is 4. The largest absolute Gasteiger partial charge is 0.465 e. The molecule has 1 heterocycles. The first-order valence-corrected chi connectivity index (χ1v) is 8.48. The first-order chi connectivity index (χ1) is 12.3. The van der Waals surface area contributed by atoms with E-state index in [4.69, 9.17) is 16.3 Å². The van der Waals surface area contributed by atoms with E-state index in [9.17, 15) is 9.59 Å². The van der Waals surface area contributed by atoms with Crippen molar-refractivity contribution in [2.75, 3.05) is 12.4 Å². The lowest BCUT2D eigenvalue weighted by atomic mass is 9.83. The van der Waals surface area contributed by atoms with Crippen LogP contribution < -0.4 is 5.32 Å². The van der Waals surface area contributed by atoms with Gasteiger partial charge in [0.25, 0.3) is 0 Å². The number of anilines is 1. The van der Waals surface area contributed by atoms with Gasteiger partial charge in [0.1, 0.15) is 0 Å². The smallest absolute Gasteiger partial charge is 0.339 e. The normalized spacial score (nSPS) is 11.4. The van der Waals surface area contributed by atoms with E-state index in [2.05, 4.69) is 10.3 Å². The van der Waals surface area contributed by atoms with Crippen molar-refractivity contribution < 1.29 is 14.3 Å². The Morgan fingerprint density at radius 3 is 2.62 bits per heavy atom. The number of benzene rings is 2. The zero-order valence-corrected chi connectivity index (χ0v) is 15.5. The Morgan fingerprint density at radius 2 is 1.88 bits per heavy atom. The van der Waals surface area contributed by atoms with Crippen molar-refractivity contribution in [1.82, 2.24) is 4.98 Å². The molecule has 3 rings (SSSR count). The summed E-state index contributed by atoms with van der Waals surface area (Å²) in [6.45, 7) is 3.67. The average Bonchev–Trinajstić information content (AvgIpc) is 3.05. The Bertz CT molecular complexity index is 992. The van der Waals surface area contributed by atoms with Gasteiger partial charge in [-0.05, 0) is 43.7 Å². The summed E-state index contributed by atoms with van der Waals surface area (Å²) >= 11 is 6.03. The highest BCUT2D eigenvalue weighted by Crippen LogP contribution is 2.33. The number of fused-ring (bicyclic) bond motifs is 1. The zero-order chi connectivity index (χ0) is 18.9. The standard InChI is InChI=1S/C20H19ClN2O3/c1-20(2,15-11-22-17-10-12(21)8-9-13(15)17)19(25)23-16-7-5-4-6-14(16)18(24)26-3/h4-11,22H,1-3H3,(H,23,25). The molecule has 26 heavy (non-hydrogen) atoms. The van der Waals surface area contributed by atoms with E-state index in [1.807, 2.05) is 32.2 Å². The number of aromatic amines is 1. The van der Waals surface area contributed by atoms with Crippen LogP contribution in [0.2, 0.25) is 5.02 Å². The van der Waals surface area contributed by atoms with Crippen LogP contribution in [0, 0.1) is 0 Å². The number of carbonyl (C=O) groups excluding carboxylic acids is 2. The van der Waals surface area contributed by atoms with E-state index in [0.717, 1.165) is 16.5 Å². The highest BCUT2D eigenvalue weighted by Gasteiger charge is 2.33. The topological polar surface area (TPSA) is 71.2 Å². The lowest BCUT2D eigenvalue weighted by molar-refractivity contribution is -0.120. The van der Waals surface area contributed by atoms with Gasteiger partial charge in [0.15, 0.2) is 0 Å². The molecule has 0 spiro atoms. The summed E-state index contributed by atoms with van der Waals surface area (Å²) in [5.74, 6) is -0.731. The third-order valence-corrected chi connectivity index (χ3v) is 4.70. The van der Waals surface area contributed by atoms with Crippen molar-refractivity contribution in [3.05, 3.63) is 64.8 Å². The molecule has 0 bridgehead atoms. The molecule has 0 saturated carbocycles. The number of carbonyl (C=O) groups is 2. The molecule has 134 valence electrons. The number of amides is 1. The molecule has 2 N–H and O–H groups in total. The Labute approximate surface area is 156 Å². The number of halogens is 1. The number of hydrogen-bond acceptors (Lipinski definition) is 3. The van der Waals surface area contributed by atoms with Crippen molar-refractivity contribution in [3.8, 4) is 0 Å². The van der Waals surface area contributed by atoms with Gasteiger partial charge in [-0.25, -0.2) is 4.79 Å². The zero-order valence-electron chi connectivity index (χ0n) is 14.7. The number of ether oxygens (including phenoxy) is 1. The summed E-state index contributed by atoms with van der Waals surface area (Å²) < 4.78 is 4.78. The molecule has 2 aromatic carbocycles. The Balaban J connectivity index is 1.95. The highest BCUT2D eigenvalue weighted by atomic mass is 35.5. The van der Waals surface area contributed by atoms with Crippen molar-refractivity contribution >= 4 is 40.1 Å². The quantitative estimate of drug-likeness (QED) is 0.663. The van der Waals surface area contributed by atoms with Crippen molar-refractivity contribution in [1.29, 1.82) is 0 Å². The number of aromatic nitrogens is 1. The molecule has 0 fully saturated rings. The molecule has 0 unspecified atom stereocenters. The number of H-pyrrole nitrogens is 1. The van der Waals surface area contributed by atoms with Gasteiger partial charge in [0.2, 0.25) is 5.91 Å². The number of esters is 1. The summed E-state index contributed by atoms with van der Waals surface area (Å²) in [5, 5.41) is 4.40. The van der Waals surface area contributed by atoms with Crippen molar-refractivity contribution in [2.45, 2.75) is 19.3 Å². The Hall–Kier alpha value is -2.79. The van der Waals surface area contributed by atoms with Crippen LogP contribution in [0.15, 0.2) is 48.7 Å². The van der Waals surface area contributed by atoms with Crippen LogP contribution in [0.5, 0.6) is 0 Å². The van der Waals surface area contributed by atoms with E-state index < -0.39 is 11.4 Å². The maximum atomic E-state index is 13.0. The maximum Gasteiger partial charge on any atom is 0.339 e. The SMILES string of the molecule is COC(=O)c1ccccc1NC(=O)C(C)(C)c1c[nH]c2cc(Cl)ccc12. The van der Waals surface area contributed by atoms with E-state index >= 15 is 0 Å². The molecule has 1 amide bonds. The monoisotopic (exact) mass is 370 g/mol. The fraction of sp³-hybridized carbons (Fsp3) is 0.200. The second-order valence-corrected chi connectivity index (χ2v) is 6.94. The van der Waals surface area contributed by atoms with E-state index in [0.29, 0.717) is 16.3 Å². The van der Waals surface area contributed by atoms with Gasteiger partial charge >= 0.3 is 5.97 Å². The summed E-state index contributed by atoms with van der Waals surface area (Å²) in [5.41, 5.74) is 1.60. The molecular formula is C20H19ClN2O3. The van der Waals surface area contributed by atoms with Crippen LogP contribution in [-0.4, -0.2) is 24.0 Å². The van der Waals surface area contributed by atoms with Crippen LogP contribution in [0.4, 0.5) is 5.69 Å². The summed E-state index contributed by atoms with van der Waals surface area (Å²) in [6.07, 6.45) is 1.81. The van der Waals surface area contributed by atoms with Crippen LogP contribution in [0.3, 0.4) is 0 Å². The highest BCUT2D eigenvalue weighted by molar-refractivity contribution is 6.31. The predicted octanol–water partition coefficient (Wildman–Crippen LogP) is 4.52. The second kappa shape index (κ2) is 6.84. The number of hydrogen-bond donors (Lipinski definition) is 2. The third kappa shape index (κ3) is 3.18. The number of para-hydroxylation sites is 1. The maximum absolute atomic E-state index is 13.0. The second-order valence-electron chi connectivity index (χ2n) is 6.51. The predicted molar refractivity (Wildman–Crippen MR) is 103 cm³/mol. The van der Waals surface area contributed by atoms with Gasteiger partial charge in [0, 0.05) is 22.1 Å². The number of nitrogens with one attached hydrogen (secondary N) is 2. The average molecular weight is 371 g/mol. The van der Waals surface area contributed by atoms with Gasteiger partial charge < -0.3 is 15.0 Å². The lowest BCUT2D eigenvalue weighted by Gasteiger charge is -2.24. The molecule has 1 aromatic heterocycles. The fourth-order valence-electron chi connectivity index (χ4n) is 2.90. The van der Waals surface area contributed by atoms with Gasteiger partial charge in [-0.3, -0.25) is 4.79 Å². The van der Waals surface area contributed by atoms with Gasteiger partial charge in [0.05, 0.1) is 23.8 Å². The molecule has 3 aromatic rings. The first-order valence-electron chi connectivity index (χ1n) is 8.10. The molecule has 0 aliphatic carbocycles. The minimum Gasteiger partial charge on any atom is -0.465 e. The van der Waals surface area contributed by atoms with Crippen LogP contribution in [-0.2, 0) is 14.9 Å². The fourth-order valence-corrected chi connectivity index (χ4v) is 3.07. The molecular weight excluding hydrogens is 352 g/mol. The molecule has 6 heteroatoms. The van der Waals surface area contributed by atoms with E-state index in [1.54, 1.807) is 30.3 Å². The number of methoxy groups -OCH3 is 1. The minimum absolute atomic E-state index is 0.232. The Kier molecular flexibility index (Phi) is 4.74. The van der Waals surface area contributed by atoms with Gasteiger partial charge in [-0.1, -0.05) is 29.8 Å². The van der Waals surface area contributed by atoms with E-state index in [-0.39, 0.29) is 5.91 Å². The van der Waals surface area contributed by atoms with Crippen molar-refractivity contribution in [2.24, 2.45) is 0 Å². The van der Waals surface area contributed by atoms with Crippen LogP contribution in [0.1, 0.15) is 29.8 Å². The van der Waals surface area contributed by atoms with Crippen LogP contribution in [0.25, 0.3) is 10.9 Å². The van der Waals surface area contributed by atoms with Gasteiger partial charge in [-0.2, -0.15) is 0 Å². The molecule has 0 radical (unpaired) electrons. The minimum atomic E-state index is -0.838. The summed E-state index contributed by atoms with van der Waals surface area (Å²) in [6, 6.07) is 12.3. The van der Waals surface area contributed by atoms with Crippen molar-refractivity contribution in [3.63, 3.8) is 0 Å². The van der Waals surface area contributed by atoms with Gasteiger partial charge in [-0.15, -0.1) is 0 Å². The Morgan fingerprint density at radius 1 is 1.15 bits per heavy atom. The molecule has 0 aliphatic rings. The molecule has 0 saturated heterocycles. The van der Waals surface area contributed by atoms with Crippen LogP contribution >= 0.6 is 11.6 Å². The summed E-state index contributed by atoms with van der Waals surface area (Å²) in [4.78, 5) is 28.1. The first kappa shape index (κ1) is 18.0. The summed E-state index contributed by atoms with van der Waals surface area (Å²) in [7, 11) is 1.31. The molecule has 5 nitrogen and oxygen atoms in total. The third-order valence-electron chi connectivity index (χ3n) is 4.47. The van der Waals surface area contributed by atoms with E-state index in [1.165, 1.54) is 7.11 Å². The lowest BCUT2D eigenvalue weighted by Crippen LogP contribution is -2.35. The molecule has 0 atom stereocenters.